The fourth-order valence-electron chi connectivity index (χ4n) is 5.88. The second-order valence-corrected chi connectivity index (χ2v) is 10.9. The number of fused-ring (bicyclic) bond motifs is 6. The first kappa shape index (κ1) is 21.4. The van der Waals surface area contributed by atoms with Crippen molar-refractivity contribution in [3.05, 3.63) is 140 Å². The predicted octanol–water partition coefficient (Wildman–Crippen LogP) is 11.0. The summed E-state index contributed by atoms with van der Waals surface area (Å²) >= 11 is 1.88. The Balaban J connectivity index is 1.52. The first-order chi connectivity index (χ1) is 18.8. The van der Waals surface area contributed by atoms with Crippen LogP contribution in [0.4, 0.5) is 17.1 Å². The molecular weight excluding hydrogens is 478 g/mol. The second kappa shape index (κ2) is 8.44. The summed E-state index contributed by atoms with van der Waals surface area (Å²) in [5.74, 6) is 0. The molecule has 0 fully saturated rings. The first-order valence-corrected chi connectivity index (χ1v) is 13.8. The summed E-state index contributed by atoms with van der Waals surface area (Å²) in [6.07, 6.45) is 0. The van der Waals surface area contributed by atoms with Crippen LogP contribution in [0.3, 0.4) is 0 Å². The zero-order valence-corrected chi connectivity index (χ0v) is 21.5. The quantitative estimate of drug-likeness (QED) is 0.233. The Bertz CT molecular complexity index is 2060. The lowest BCUT2D eigenvalue weighted by molar-refractivity contribution is 1.33. The Kier molecular flexibility index (Phi) is 4.76. The van der Waals surface area contributed by atoms with Crippen LogP contribution in [-0.2, 0) is 0 Å². The van der Waals surface area contributed by atoms with Crippen molar-refractivity contribution in [1.82, 2.24) is 0 Å². The van der Waals surface area contributed by atoms with E-state index in [0.29, 0.717) is 0 Å². The molecule has 0 atom stereocenters. The molecule has 8 rings (SSSR count). The van der Waals surface area contributed by atoms with Crippen LogP contribution in [-0.4, -0.2) is 0 Å². The zero-order chi connectivity index (χ0) is 25.1. The van der Waals surface area contributed by atoms with Crippen LogP contribution in [0.2, 0.25) is 0 Å². The van der Waals surface area contributed by atoms with Crippen LogP contribution in [0.1, 0.15) is 0 Å². The third-order valence-corrected chi connectivity index (χ3v) is 8.72. The van der Waals surface area contributed by atoms with Crippen molar-refractivity contribution in [1.29, 1.82) is 0 Å². The van der Waals surface area contributed by atoms with E-state index >= 15 is 0 Å². The van der Waals surface area contributed by atoms with Crippen molar-refractivity contribution in [2.75, 3.05) is 4.90 Å². The predicted molar refractivity (Wildman–Crippen MR) is 167 cm³/mol. The van der Waals surface area contributed by atoms with Crippen LogP contribution in [0, 0.1) is 0 Å². The maximum Gasteiger partial charge on any atom is 0.0555 e. The van der Waals surface area contributed by atoms with Gasteiger partial charge in [-0.25, -0.2) is 0 Å². The van der Waals surface area contributed by atoms with Gasteiger partial charge in [-0.05, 0) is 57.9 Å². The highest BCUT2D eigenvalue weighted by atomic mass is 32.1. The minimum Gasteiger partial charge on any atom is -0.309 e. The summed E-state index contributed by atoms with van der Waals surface area (Å²) in [5, 5.41) is 10.1. The number of hydrogen-bond acceptors (Lipinski definition) is 2. The third kappa shape index (κ3) is 3.24. The van der Waals surface area contributed by atoms with Gasteiger partial charge in [0.05, 0.1) is 17.1 Å². The minimum atomic E-state index is 1.19. The normalized spacial score (nSPS) is 11.7. The molecule has 0 N–H and O–H groups in total. The molecule has 2 heteroatoms. The maximum atomic E-state index is 2.48. The molecule has 0 aliphatic carbocycles. The van der Waals surface area contributed by atoms with Gasteiger partial charge in [0, 0.05) is 30.9 Å². The third-order valence-electron chi connectivity index (χ3n) is 7.60. The molecule has 178 valence electrons. The van der Waals surface area contributed by atoms with Gasteiger partial charge in [-0.1, -0.05) is 103 Å². The monoisotopic (exact) mass is 501 g/mol. The van der Waals surface area contributed by atoms with E-state index in [4.69, 9.17) is 0 Å². The Morgan fingerprint density at radius 2 is 0.868 bits per heavy atom. The average molecular weight is 502 g/mol. The molecule has 1 nitrogen and oxygen atoms in total. The lowest BCUT2D eigenvalue weighted by Crippen LogP contribution is -2.11. The summed E-state index contributed by atoms with van der Waals surface area (Å²) in [6, 6.07) is 50.8. The van der Waals surface area contributed by atoms with E-state index in [1.807, 2.05) is 11.3 Å². The molecule has 0 saturated heterocycles. The Labute approximate surface area is 224 Å². The van der Waals surface area contributed by atoms with Crippen molar-refractivity contribution in [2.24, 2.45) is 0 Å². The van der Waals surface area contributed by atoms with Gasteiger partial charge in [-0.3, -0.25) is 0 Å². The molecule has 0 bridgehead atoms. The van der Waals surface area contributed by atoms with Gasteiger partial charge in [0.1, 0.15) is 0 Å². The molecular formula is C36H23NS. The van der Waals surface area contributed by atoms with Crippen LogP contribution >= 0.6 is 11.3 Å². The van der Waals surface area contributed by atoms with Gasteiger partial charge < -0.3 is 4.90 Å². The molecule has 8 aromatic rings. The summed E-state index contributed by atoms with van der Waals surface area (Å²) in [6.45, 7) is 0. The van der Waals surface area contributed by atoms with Crippen LogP contribution in [0.25, 0.3) is 52.5 Å². The number of anilines is 3. The second-order valence-electron chi connectivity index (χ2n) is 9.78. The van der Waals surface area contributed by atoms with E-state index < -0.39 is 0 Å². The molecule has 1 aromatic heterocycles. The standard InChI is InChI=1S/C36H23NS/c1-2-13-27-23-35-30(22-26(27)12-1)36-33(20-9-21-34(36)38-35)37(31-18-7-14-24-10-3-5-16-28(24)31)32-19-8-15-25-11-4-6-17-29(25)32/h1-23H. The summed E-state index contributed by atoms with van der Waals surface area (Å²) in [7, 11) is 0. The number of hydrogen-bond donors (Lipinski definition) is 0. The van der Waals surface area contributed by atoms with E-state index in [9.17, 15) is 0 Å². The van der Waals surface area contributed by atoms with E-state index in [0.717, 1.165) is 0 Å². The Morgan fingerprint density at radius 1 is 0.368 bits per heavy atom. The number of rotatable bonds is 3. The molecule has 0 aliphatic heterocycles. The highest BCUT2D eigenvalue weighted by molar-refractivity contribution is 7.26. The van der Waals surface area contributed by atoms with Gasteiger partial charge in [0.2, 0.25) is 0 Å². The van der Waals surface area contributed by atoms with Gasteiger partial charge in [-0.15, -0.1) is 11.3 Å². The topological polar surface area (TPSA) is 3.24 Å². The van der Waals surface area contributed by atoms with Gasteiger partial charge in [0.25, 0.3) is 0 Å². The lowest BCUT2D eigenvalue weighted by Gasteiger charge is -2.29. The minimum absolute atomic E-state index is 1.19. The van der Waals surface area contributed by atoms with Gasteiger partial charge in [-0.2, -0.15) is 0 Å². The molecule has 1 heterocycles. The van der Waals surface area contributed by atoms with E-state index in [2.05, 4.69) is 144 Å². The molecule has 0 amide bonds. The largest absolute Gasteiger partial charge is 0.309 e. The fraction of sp³-hybridized carbons (Fsp3) is 0. The molecule has 0 radical (unpaired) electrons. The van der Waals surface area contributed by atoms with Crippen LogP contribution in [0.15, 0.2) is 140 Å². The number of benzene rings is 7. The van der Waals surface area contributed by atoms with Crippen LogP contribution < -0.4 is 4.90 Å². The van der Waals surface area contributed by atoms with Crippen molar-refractivity contribution in [3.8, 4) is 0 Å². The highest BCUT2D eigenvalue weighted by Gasteiger charge is 2.21. The molecule has 0 unspecified atom stereocenters. The van der Waals surface area contributed by atoms with Crippen LogP contribution in [0.5, 0.6) is 0 Å². The smallest absolute Gasteiger partial charge is 0.0555 e. The lowest BCUT2D eigenvalue weighted by atomic mass is 10.0. The van der Waals surface area contributed by atoms with E-state index in [1.54, 1.807) is 0 Å². The fourth-order valence-corrected chi connectivity index (χ4v) is 7.03. The SMILES string of the molecule is c1ccc2cc3c(cc2c1)sc1cccc(N(c2cccc4ccccc24)c2cccc4ccccc24)c13. The van der Waals surface area contributed by atoms with E-state index in [-0.39, 0.29) is 0 Å². The van der Waals surface area contributed by atoms with Gasteiger partial charge in [0.15, 0.2) is 0 Å². The van der Waals surface area contributed by atoms with Crippen molar-refractivity contribution < 1.29 is 0 Å². The van der Waals surface area contributed by atoms with Gasteiger partial charge >= 0.3 is 0 Å². The highest BCUT2D eigenvalue weighted by Crippen LogP contribution is 2.48. The van der Waals surface area contributed by atoms with E-state index in [1.165, 1.54) is 69.6 Å². The number of nitrogens with zero attached hydrogens (tertiary/aromatic N) is 1. The maximum absolute atomic E-state index is 2.48. The Morgan fingerprint density at radius 3 is 1.53 bits per heavy atom. The van der Waals surface area contributed by atoms with Crippen molar-refractivity contribution in [3.63, 3.8) is 0 Å². The Hall–Kier alpha value is -4.66. The zero-order valence-electron chi connectivity index (χ0n) is 20.6. The molecule has 0 aliphatic rings. The summed E-state index contributed by atoms with van der Waals surface area (Å²) < 4.78 is 2.63. The molecule has 0 saturated carbocycles. The molecule has 7 aromatic carbocycles. The van der Waals surface area contributed by atoms with Crippen molar-refractivity contribution in [2.45, 2.75) is 0 Å². The number of thiophene rings is 1. The van der Waals surface area contributed by atoms with Crippen molar-refractivity contribution >= 4 is 80.9 Å². The molecule has 38 heavy (non-hydrogen) atoms. The summed E-state index contributed by atoms with van der Waals surface area (Å²) in [4.78, 5) is 2.48. The summed E-state index contributed by atoms with van der Waals surface area (Å²) in [5.41, 5.74) is 3.58. The molecule has 0 spiro atoms. The average Bonchev–Trinajstić information content (AvgIpc) is 3.34. The first-order valence-electron chi connectivity index (χ1n) is 12.9.